The van der Waals surface area contributed by atoms with Crippen molar-refractivity contribution < 1.29 is 9.90 Å². The highest BCUT2D eigenvalue weighted by Crippen LogP contribution is 2.37. The quantitative estimate of drug-likeness (QED) is 0.216. The lowest BCUT2D eigenvalue weighted by Crippen LogP contribution is -2.53. The molecule has 2 fully saturated rings. The number of nitrogens with zero attached hydrogens (tertiary/aromatic N) is 8. The van der Waals surface area contributed by atoms with Crippen molar-refractivity contribution in [3.63, 3.8) is 0 Å². The summed E-state index contributed by atoms with van der Waals surface area (Å²) in [5.74, 6) is 0.0154. The van der Waals surface area contributed by atoms with Gasteiger partial charge >= 0.3 is 0 Å². The molecule has 1 amide bonds. The Morgan fingerprint density at radius 1 is 0.981 bits per heavy atom. The number of benzene rings is 2. The molecule has 0 bridgehead atoms. The number of carbonyl (C=O) groups excluding carboxylic acids is 1. The van der Waals surface area contributed by atoms with Gasteiger partial charge < -0.3 is 14.6 Å². The molecule has 53 heavy (non-hydrogen) atoms. The number of hydrogen-bond acceptors (Lipinski definition) is 9. The van der Waals surface area contributed by atoms with Gasteiger partial charge in [0.2, 0.25) is 5.91 Å². The Labute approximate surface area is 311 Å². The van der Waals surface area contributed by atoms with Crippen LogP contribution in [-0.4, -0.2) is 76.7 Å². The minimum absolute atomic E-state index is 0.0416. The highest BCUT2D eigenvalue weighted by atomic mass is 32.1. The Hall–Kier alpha value is -5.48. The van der Waals surface area contributed by atoms with Crippen LogP contribution in [0.15, 0.2) is 103 Å². The summed E-state index contributed by atoms with van der Waals surface area (Å²) in [6.07, 6.45) is 8.59. The maximum Gasteiger partial charge on any atom is 0.262 e. The van der Waals surface area contributed by atoms with Gasteiger partial charge in [0.05, 0.1) is 29.2 Å². The van der Waals surface area contributed by atoms with E-state index in [1.54, 1.807) is 35.7 Å². The van der Waals surface area contributed by atoms with Crippen LogP contribution in [0, 0.1) is 24.2 Å². The standard InChI is InChI=1S/C41H40N8O3S/c1-28-7-10-31(22-43-28)38-44-23-33(53-38)24-46-17-13-34(36(25-46)30-5-3-2-4-6-30)39(50)47-19-15-41(52,16-20-47)26-48-27-45-37-35(40(48)51)14-18-49(37)32-11-8-29(21-42)9-12-32/h2-12,14,18,22-23,27,34,36,52H,13,15-17,19-20,24-26H2,1H3/t34-,36+/m1/s1. The summed E-state index contributed by atoms with van der Waals surface area (Å²) in [4.78, 5) is 47.0. The number of likely N-dealkylation sites (tertiary alicyclic amines) is 2. The van der Waals surface area contributed by atoms with Crippen LogP contribution in [0.1, 0.15) is 46.9 Å². The molecule has 6 aromatic rings. The van der Waals surface area contributed by atoms with Crippen LogP contribution in [0.2, 0.25) is 0 Å². The fourth-order valence-corrected chi connectivity index (χ4v) is 8.70. The van der Waals surface area contributed by atoms with E-state index in [-0.39, 0.29) is 29.8 Å². The number of aliphatic hydroxyl groups is 1. The van der Waals surface area contributed by atoms with Crippen molar-refractivity contribution in [2.75, 3.05) is 26.2 Å². The fourth-order valence-electron chi connectivity index (χ4n) is 7.75. The van der Waals surface area contributed by atoms with Gasteiger partial charge in [0, 0.05) is 78.4 Å². The predicted molar refractivity (Wildman–Crippen MR) is 203 cm³/mol. The van der Waals surface area contributed by atoms with E-state index in [0.717, 1.165) is 53.6 Å². The average Bonchev–Trinajstić information content (AvgIpc) is 3.85. The SMILES string of the molecule is Cc1ccc(-c2ncc(CN3CC[C@@H](C(=O)N4CCC(O)(Cn5cnc6c(ccn6-c6ccc(C#N)cc6)c5=O)CC4)[C@H](c4ccccc4)C3)s2)cn1. The zero-order valence-corrected chi connectivity index (χ0v) is 30.3. The number of fused-ring (bicyclic) bond motifs is 1. The minimum atomic E-state index is -1.14. The molecule has 6 heterocycles. The van der Waals surface area contributed by atoms with Crippen LogP contribution in [0.25, 0.3) is 27.3 Å². The summed E-state index contributed by atoms with van der Waals surface area (Å²) in [5.41, 5.74) is 3.65. The van der Waals surface area contributed by atoms with Crippen molar-refractivity contribution in [3.05, 3.63) is 130 Å². The molecule has 0 unspecified atom stereocenters. The first-order chi connectivity index (χ1) is 25.8. The number of pyridine rings is 1. The molecule has 1 N–H and O–H groups in total. The van der Waals surface area contributed by atoms with E-state index in [2.05, 4.69) is 44.1 Å². The molecule has 0 radical (unpaired) electrons. The molecular weight excluding hydrogens is 685 g/mol. The van der Waals surface area contributed by atoms with E-state index in [1.165, 1.54) is 15.8 Å². The number of hydrogen-bond donors (Lipinski definition) is 1. The van der Waals surface area contributed by atoms with Crippen molar-refractivity contribution in [2.24, 2.45) is 5.92 Å². The van der Waals surface area contributed by atoms with Gasteiger partial charge in [-0.25, -0.2) is 9.97 Å². The first-order valence-electron chi connectivity index (χ1n) is 18.0. The van der Waals surface area contributed by atoms with Gasteiger partial charge in [0.15, 0.2) is 5.65 Å². The van der Waals surface area contributed by atoms with E-state index >= 15 is 0 Å². The number of carbonyl (C=O) groups is 1. The van der Waals surface area contributed by atoms with Gasteiger partial charge in [0.25, 0.3) is 5.56 Å². The third-order valence-corrected chi connectivity index (χ3v) is 11.8. The minimum Gasteiger partial charge on any atom is -0.388 e. The molecule has 2 aromatic carbocycles. The average molecular weight is 725 g/mol. The van der Waals surface area contributed by atoms with Crippen LogP contribution in [0.5, 0.6) is 0 Å². The van der Waals surface area contributed by atoms with Crippen molar-refractivity contribution in [1.82, 2.24) is 33.9 Å². The van der Waals surface area contributed by atoms with Gasteiger partial charge in [-0.3, -0.25) is 24.0 Å². The molecule has 2 aliphatic heterocycles. The van der Waals surface area contributed by atoms with Crippen molar-refractivity contribution in [3.8, 4) is 22.3 Å². The molecule has 12 heteroatoms. The Balaban J connectivity index is 0.925. The monoisotopic (exact) mass is 724 g/mol. The Kier molecular flexibility index (Phi) is 9.47. The maximum atomic E-state index is 14.2. The van der Waals surface area contributed by atoms with Gasteiger partial charge in [-0.1, -0.05) is 30.3 Å². The molecule has 0 aliphatic carbocycles. The topological polar surface area (TPSA) is 133 Å². The summed E-state index contributed by atoms with van der Waals surface area (Å²) in [6.45, 7) is 5.28. The van der Waals surface area contributed by atoms with E-state index in [0.29, 0.717) is 42.5 Å². The second kappa shape index (κ2) is 14.5. The van der Waals surface area contributed by atoms with Crippen molar-refractivity contribution >= 4 is 28.3 Å². The number of aromatic nitrogens is 5. The second-order valence-corrected chi connectivity index (χ2v) is 15.4. The lowest BCUT2D eigenvalue weighted by molar-refractivity contribution is -0.142. The molecule has 2 aliphatic rings. The molecule has 11 nitrogen and oxygen atoms in total. The van der Waals surface area contributed by atoms with Crippen LogP contribution in [-0.2, 0) is 17.9 Å². The summed E-state index contributed by atoms with van der Waals surface area (Å²) in [7, 11) is 0. The highest BCUT2D eigenvalue weighted by Gasteiger charge is 2.41. The van der Waals surface area contributed by atoms with Crippen LogP contribution in [0.4, 0.5) is 0 Å². The first-order valence-corrected chi connectivity index (χ1v) is 18.8. The number of piperidine rings is 2. The first kappa shape index (κ1) is 34.6. The third-order valence-electron chi connectivity index (χ3n) is 10.7. The molecule has 2 atom stereocenters. The normalized spacial score (nSPS) is 18.9. The van der Waals surface area contributed by atoms with E-state index < -0.39 is 5.60 Å². The lowest BCUT2D eigenvalue weighted by Gasteiger charge is -2.43. The lowest BCUT2D eigenvalue weighted by atomic mass is 9.79. The summed E-state index contributed by atoms with van der Waals surface area (Å²) >= 11 is 1.69. The zero-order chi connectivity index (χ0) is 36.5. The van der Waals surface area contributed by atoms with Gasteiger partial charge in [0.1, 0.15) is 11.3 Å². The smallest absolute Gasteiger partial charge is 0.262 e. The van der Waals surface area contributed by atoms with Gasteiger partial charge in [-0.05, 0) is 80.8 Å². The number of nitriles is 1. The van der Waals surface area contributed by atoms with E-state index in [9.17, 15) is 14.7 Å². The molecule has 8 rings (SSSR count). The third kappa shape index (κ3) is 7.15. The molecule has 4 aromatic heterocycles. The zero-order valence-electron chi connectivity index (χ0n) is 29.5. The molecule has 0 saturated carbocycles. The Morgan fingerprint density at radius 2 is 1.77 bits per heavy atom. The number of aryl methyl sites for hydroxylation is 1. The summed E-state index contributed by atoms with van der Waals surface area (Å²) in [6, 6.07) is 25.3. The molecule has 2 saturated heterocycles. The Morgan fingerprint density at radius 3 is 2.51 bits per heavy atom. The highest BCUT2D eigenvalue weighted by molar-refractivity contribution is 7.15. The van der Waals surface area contributed by atoms with Crippen LogP contribution in [0.3, 0.4) is 0 Å². The van der Waals surface area contributed by atoms with Crippen molar-refractivity contribution in [1.29, 1.82) is 5.26 Å². The van der Waals surface area contributed by atoms with Crippen LogP contribution < -0.4 is 5.56 Å². The summed E-state index contributed by atoms with van der Waals surface area (Å²) < 4.78 is 3.29. The number of thiazole rings is 1. The Bertz CT molecular complexity index is 2340. The summed E-state index contributed by atoms with van der Waals surface area (Å²) in [5, 5.41) is 22.2. The molecule has 0 spiro atoms. The number of rotatable bonds is 8. The number of amides is 1. The fraction of sp³-hybridized carbons (Fsp3) is 0.317. The molecule has 268 valence electrons. The largest absolute Gasteiger partial charge is 0.388 e. The predicted octanol–water partition coefficient (Wildman–Crippen LogP) is 5.55. The van der Waals surface area contributed by atoms with Crippen LogP contribution >= 0.6 is 11.3 Å². The maximum absolute atomic E-state index is 14.2. The van der Waals surface area contributed by atoms with Gasteiger partial charge in [-0.2, -0.15) is 5.26 Å². The van der Waals surface area contributed by atoms with E-state index in [1.807, 2.05) is 65.2 Å². The second-order valence-electron chi connectivity index (χ2n) is 14.3. The molecular formula is C41H40N8O3S. The van der Waals surface area contributed by atoms with Crippen molar-refractivity contribution in [2.45, 2.75) is 50.8 Å². The van der Waals surface area contributed by atoms with E-state index in [4.69, 9.17) is 5.26 Å². The van der Waals surface area contributed by atoms with Gasteiger partial charge in [-0.15, -0.1) is 11.3 Å².